The fourth-order valence-electron chi connectivity index (χ4n) is 2.89. The first-order chi connectivity index (χ1) is 8.81. The fourth-order valence-corrected chi connectivity index (χ4v) is 2.89. The lowest BCUT2D eigenvalue weighted by Gasteiger charge is -2.22. The summed E-state index contributed by atoms with van der Waals surface area (Å²) in [6.45, 7) is 2.17. The third-order valence-electron chi connectivity index (χ3n) is 3.86. The molecule has 0 saturated carbocycles. The molecule has 0 aromatic heterocycles. The lowest BCUT2D eigenvalue weighted by Crippen LogP contribution is -2.19. The van der Waals surface area contributed by atoms with Crippen molar-refractivity contribution in [1.82, 2.24) is 5.32 Å². The molecular weight excluding hydrogens is 218 g/mol. The van der Waals surface area contributed by atoms with Crippen molar-refractivity contribution in [2.75, 3.05) is 7.05 Å². The summed E-state index contributed by atoms with van der Waals surface area (Å²) in [5.74, 6) is 0. The molecule has 1 unspecified atom stereocenters. The summed E-state index contributed by atoms with van der Waals surface area (Å²) in [5.41, 5.74) is 4.34. The number of likely N-dealkylation sites (N-methyl/N-ethyl adjacent to an activating group) is 1. The molecule has 0 amide bonds. The van der Waals surface area contributed by atoms with Gasteiger partial charge in [-0.25, -0.2) is 0 Å². The maximum atomic E-state index is 3.50. The molecule has 1 atom stereocenters. The SMILES string of the molecule is CNC(/C1=C/CCCCCC1)c1cccc(C)c1. The standard InChI is InChI=1S/C17H25N/c1-14-9-8-12-16(13-14)17(18-2)15-10-6-4-3-5-7-11-15/h8-10,12-13,17-18H,3-7,11H2,1-2H3/b15-10+. The quantitative estimate of drug-likeness (QED) is 0.769. The van der Waals surface area contributed by atoms with Gasteiger partial charge in [0.2, 0.25) is 0 Å². The van der Waals surface area contributed by atoms with Crippen LogP contribution in [0.15, 0.2) is 35.9 Å². The van der Waals surface area contributed by atoms with Crippen LogP contribution in [0.3, 0.4) is 0 Å². The van der Waals surface area contributed by atoms with E-state index in [1.54, 1.807) is 5.57 Å². The van der Waals surface area contributed by atoms with E-state index in [0.29, 0.717) is 6.04 Å². The first-order valence-electron chi connectivity index (χ1n) is 7.24. The average molecular weight is 243 g/mol. The van der Waals surface area contributed by atoms with Crippen molar-refractivity contribution in [2.45, 2.75) is 51.5 Å². The van der Waals surface area contributed by atoms with Gasteiger partial charge in [-0.05, 0) is 45.2 Å². The van der Waals surface area contributed by atoms with Gasteiger partial charge in [0.1, 0.15) is 0 Å². The molecule has 1 aromatic rings. The van der Waals surface area contributed by atoms with E-state index in [-0.39, 0.29) is 0 Å². The molecule has 0 fully saturated rings. The summed E-state index contributed by atoms with van der Waals surface area (Å²) in [6, 6.07) is 9.29. The number of hydrogen-bond acceptors (Lipinski definition) is 1. The van der Waals surface area contributed by atoms with Crippen molar-refractivity contribution in [3.8, 4) is 0 Å². The Kier molecular flexibility index (Phi) is 5.00. The highest BCUT2D eigenvalue weighted by molar-refractivity contribution is 5.31. The van der Waals surface area contributed by atoms with Gasteiger partial charge < -0.3 is 5.32 Å². The lowest BCUT2D eigenvalue weighted by molar-refractivity contribution is 0.574. The van der Waals surface area contributed by atoms with E-state index in [4.69, 9.17) is 0 Å². The third kappa shape index (κ3) is 3.46. The van der Waals surface area contributed by atoms with Crippen LogP contribution in [-0.4, -0.2) is 7.05 Å². The van der Waals surface area contributed by atoms with E-state index >= 15 is 0 Å². The normalized spacial score (nSPS) is 21.6. The number of allylic oxidation sites excluding steroid dienone is 1. The molecule has 1 nitrogen and oxygen atoms in total. The second kappa shape index (κ2) is 6.75. The zero-order chi connectivity index (χ0) is 12.8. The van der Waals surface area contributed by atoms with Crippen LogP contribution < -0.4 is 5.32 Å². The van der Waals surface area contributed by atoms with Gasteiger partial charge in [-0.15, -0.1) is 0 Å². The summed E-state index contributed by atoms with van der Waals surface area (Å²) in [5, 5.41) is 3.50. The van der Waals surface area contributed by atoms with Crippen molar-refractivity contribution >= 4 is 0 Å². The van der Waals surface area contributed by atoms with Crippen LogP contribution >= 0.6 is 0 Å². The number of aryl methyl sites for hydroxylation is 1. The van der Waals surface area contributed by atoms with Gasteiger partial charge in [0.05, 0.1) is 6.04 Å². The summed E-state index contributed by atoms with van der Waals surface area (Å²) in [7, 11) is 2.08. The lowest BCUT2D eigenvalue weighted by atomic mass is 9.90. The van der Waals surface area contributed by atoms with Crippen molar-refractivity contribution in [1.29, 1.82) is 0 Å². The highest BCUT2D eigenvalue weighted by Crippen LogP contribution is 2.28. The highest BCUT2D eigenvalue weighted by atomic mass is 14.9. The fraction of sp³-hybridized carbons (Fsp3) is 0.529. The molecule has 0 bridgehead atoms. The van der Waals surface area contributed by atoms with Crippen molar-refractivity contribution in [3.05, 3.63) is 47.0 Å². The third-order valence-corrected chi connectivity index (χ3v) is 3.86. The molecule has 98 valence electrons. The monoisotopic (exact) mass is 243 g/mol. The summed E-state index contributed by atoms with van der Waals surface area (Å²) < 4.78 is 0. The number of nitrogens with one attached hydrogen (secondary N) is 1. The predicted octanol–water partition coefficient (Wildman–Crippen LogP) is 4.54. The van der Waals surface area contributed by atoms with Crippen LogP contribution in [0.1, 0.15) is 55.7 Å². The zero-order valence-electron chi connectivity index (χ0n) is 11.7. The summed E-state index contributed by atoms with van der Waals surface area (Å²) in [6.07, 6.45) is 10.5. The van der Waals surface area contributed by atoms with Crippen LogP contribution in [0.5, 0.6) is 0 Å². The van der Waals surface area contributed by atoms with Crippen LogP contribution in [0.2, 0.25) is 0 Å². The molecule has 0 radical (unpaired) electrons. The Morgan fingerprint density at radius 2 is 1.94 bits per heavy atom. The molecule has 0 spiro atoms. The van der Waals surface area contributed by atoms with Gasteiger partial charge in [-0.2, -0.15) is 0 Å². The molecule has 1 aliphatic carbocycles. The highest BCUT2D eigenvalue weighted by Gasteiger charge is 2.15. The minimum Gasteiger partial charge on any atom is -0.310 e. The average Bonchev–Trinajstić information content (AvgIpc) is 2.32. The molecule has 1 N–H and O–H groups in total. The van der Waals surface area contributed by atoms with Gasteiger partial charge in [0.15, 0.2) is 0 Å². The van der Waals surface area contributed by atoms with E-state index in [1.807, 2.05) is 0 Å². The number of benzene rings is 1. The Morgan fingerprint density at radius 3 is 2.72 bits per heavy atom. The molecule has 0 aliphatic heterocycles. The zero-order valence-corrected chi connectivity index (χ0v) is 11.7. The molecule has 0 saturated heterocycles. The predicted molar refractivity (Wildman–Crippen MR) is 78.8 cm³/mol. The van der Waals surface area contributed by atoms with E-state index in [0.717, 1.165) is 0 Å². The maximum absolute atomic E-state index is 3.50. The Labute approximate surface area is 111 Å². The summed E-state index contributed by atoms with van der Waals surface area (Å²) in [4.78, 5) is 0. The van der Waals surface area contributed by atoms with Crippen molar-refractivity contribution in [3.63, 3.8) is 0 Å². The number of hydrogen-bond donors (Lipinski definition) is 1. The first kappa shape index (κ1) is 13.4. The van der Waals surface area contributed by atoms with E-state index < -0.39 is 0 Å². The maximum Gasteiger partial charge on any atom is 0.0533 e. The van der Waals surface area contributed by atoms with Crippen LogP contribution in [0, 0.1) is 6.92 Å². The van der Waals surface area contributed by atoms with E-state index in [1.165, 1.54) is 49.7 Å². The van der Waals surface area contributed by atoms with E-state index in [9.17, 15) is 0 Å². The molecule has 1 aliphatic rings. The van der Waals surface area contributed by atoms with E-state index in [2.05, 4.69) is 49.6 Å². The molecule has 1 aromatic carbocycles. The Balaban J connectivity index is 2.21. The second-order valence-corrected chi connectivity index (χ2v) is 5.37. The second-order valence-electron chi connectivity index (χ2n) is 5.37. The van der Waals surface area contributed by atoms with Gasteiger partial charge in [-0.1, -0.05) is 54.3 Å². The molecule has 18 heavy (non-hydrogen) atoms. The molecule has 1 heteroatoms. The minimum atomic E-state index is 0.406. The van der Waals surface area contributed by atoms with Crippen LogP contribution in [0.4, 0.5) is 0 Å². The first-order valence-corrected chi connectivity index (χ1v) is 7.24. The molecule has 2 rings (SSSR count). The molecular formula is C17H25N. The topological polar surface area (TPSA) is 12.0 Å². The van der Waals surface area contributed by atoms with Crippen LogP contribution in [-0.2, 0) is 0 Å². The van der Waals surface area contributed by atoms with Gasteiger partial charge in [0, 0.05) is 0 Å². The van der Waals surface area contributed by atoms with Crippen LogP contribution in [0.25, 0.3) is 0 Å². The minimum absolute atomic E-state index is 0.406. The Bertz CT molecular complexity index is 406. The Hall–Kier alpha value is -1.08. The van der Waals surface area contributed by atoms with Gasteiger partial charge >= 0.3 is 0 Å². The number of rotatable bonds is 3. The van der Waals surface area contributed by atoms with Gasteiger partial charge in [-0.3, -0.25) is 0 Å². The Morgan fingerprint density at radius 1 is 1.11 bits per heavy atom. The summed E-state index contributed by atoms with van der Waals surface area (Å²) >= 11 is 0. The largest absolute Gasteiger partial charge is 0.310 e. The van der Waals surface area contributed by atoms with Gasteiger partial charge in [0.25, 0.3) is 0 Å². The van der Waals surface area contributed by atoms with Crippen molar-refractivity contribution < 1.29 is 0 Å². The molecule has 0 heterocycles. The van der Waals surface area contributed by atoms with Crippen molar-refractivity contribution in [2.24, 2.45) is 0 Å². The smallest absolute Gasteiger partial charge is 0.0533 e.